The molecule has 0 atom stereocenters. The summed E-state index contributed by atoms with van der Waals surface area (Å²) in [7, 11) is 1.50. The van der Waals surface area contributed by atoms with Gasteiger partial charge >= 0.3 is 5.69 Å². The highest BCUT2D eigenvalue weighted by Gasteiger charge is 2.21. The summed E-state index contributed by atoms with van der Waals surface area (Å²) in [6.07, 6.45) is 1.71. The summed E-state index contributed by atoms with van der Waals surface area (Å²) in [5.74, 6) is -0.153. The molecule has 4 aromatic rings. The third-order valence-corrected chi connectivity index (χ3v) is 5.20. The number of aliphatic hydroxyl groups is 1. The average Bonchev–Trinajstić information content (AvgIpc) is 3.15. The Kier molecular flexibility index (Phi) is 4.35. The van der Waals surface area contributed by atoms with Crippen molar-refractivity contribution in [3.8, 4) is 0 Å². The van der Waals surface area contributed by atoms with Gasteiger partial charge in [0, 0.05) is 36.1 Å². The third kappa shape index (κ3) is 2.58. The second-order valence-electron chi connectivity index (χ2n) is 6.53. The highest BCUT2D eigenvalue weighted by Crippen LogP contribution is 2.20. The van der Waals surface area contributed by atoms with E-state index in [9.17, 15) is 19.1 Å². The molecule has 3 heterocycles. The maximum Gasteiger partial charge on any atom is 0.332 e. The molecule has 4 rings (SSSR count). The standard InChI is InChI=1S/C18H17ClFN5O3/c1-10-8-24-14-15(21-17(24)23(10)6-7-26)22(2)18(28)25(16(14)27)9-11-12(19)4-3-5-13(11)20/h3-5,8,26H,6-7,9H2,1-2H3. The predicted molar refractivity (Wildman–Crippen MR) is 103 cm³/mol. The van der Waals surface area contributed by atoms with Crippen LogP contribution in [-0.4, -0.2) is 34.8 Å². The van der Waals surface area contributed by atoms with E-state index >= 15 is 0 Å². The molecular weight excluding hydrogens is 389 g/mol. The first kappa shape index (κ1) is 18.5. The Morgan fingerprint density at radius 3 is 2.68 bits per heavy atom. The molecule has 146 valence electrons. The second kappa shape index (κ2) is 6.61. The average molecular weight is 406 g/mol. The molecule has 0 aliphatic rings. The molecule has 0 aliphatic carbocycles. The van der Waals surface area contributed by atoms with Gasteiger partial charge in [0.05, 0.1) is 13.2 Å². The number of aliphatic hydroxyl groups excluding tert-OH is 1. The minimum atomic E-state index is -0.622. The fourth-order valence-corrected chi connectivity index (χ4v) is 3.64. The molecule has 0 amide bonds. The number of rotatable bonds is 4. The van der Waals surface area contributed by atoms with Gasteiger partial charge in [-0.05, 0) is 19.1 Å². The molecule has 1 N–H and O–H groups in total. The zero-order chi connectivity index (χ0) is 20.2. The number of nitrogens with zero attached hydrogens (tertiary/aromatic N) is 5. The zero-order valence-electron chi connectivity index (χ0n) is 15.2. The first-order valence-electron chi connectivity index (χ1n) is 8.56. The molecule has 0 aliphatic heterocycles. The van der Waals surface area contributed by atoms with Gasteiger partial charge in [-0.2, -0.15) is 4.98 Å². The molecule has 1 aromatic carbocycles. The highest BCUT2D eigenvalue weighted by atomic mass is 35.5. The van der Waals surface area contributed by atoms with Crippen molar-refractivity contribution in [3.63, 3.8) is 0 Å². The van der Waals surface area contributed by atoms with Crippen LogP contribution in [0.5, 0.6) is 0 Å². The quantitative estimate of drug-likeness (QED) is 0.554. The molecule has 0 saturated heterocycles. The van der Waals surface area contributed by atoms with Crippen LogP contribution in [0.15, 0.2) is 34.0 Å². The SMILES string of the molecule is Cc1cn2c3c(=O)n(Cc4c(F)cccc4Cl)c(=O)n(C)c3nc2n1CCO. The van der Waals surface area contributed by atoms with E-state index in [-0.39, 0.29) is 34.9 Å². The Balaban J connectivity index is 2.03. The number of hydrogen-bond donors (Lipinski definition) is 1. The normalized spacial score (nSPS) is 11.8. The smallest absolute Gasteiger partial charge is 0.332 e. The van der Waals surface area contributed by atoms with Crippen molar-refractivity contribution in [1.29, 1.82) is 0 Å². The monoisotopic (exact) mass is 405 g/mol. The van der Waals surface area contributed by atoms with E-state index in [2.05, 4.69) is 4.98 Å². The number of fused-ring (bicyclic) bond motifs is 3. The summed E-state index contributed by atoms with van der Waals surface area (Å²) < 4.78 is 19.7. The Morgan fingerprint density at radius 2 is 2.00 bits per heavy atom. The number of aryl methyl sites for hydroxylation is 2. The third-order valence-electron chi connectivity index (χ3n) is 4.84. The van der Waals surface area contributed by atoms with Crippen LogP contribution in [0.2, 0.25) is 5.02 Å². The van der Waals surface area contributed by atoms with Crippen molar-refractivity contribution in [2.24, 2.45) is 7.05 Å². The van der Waals surface area contributed by atoms with Gasteiger partial charge in [0.2, 0.25) is 5.78 Å². The van der Waals surface area contributed by atoms with Crippen molar-refractivity contribution in [3.05, 3.63) is 67.3 Å². The van der Waals surface area contributed by atoms with Gasteiger partial charge in [0.15, 0.2) is 11.2 Å². The number of halogens is 2. The van der Waals surface area contributed by atoms with Crippen LogP contribution >= 0.6 is 11.6 Å². The van der Waals surface area contributed by atoms with Crippen molar-refractivity contribution in [2.45, 2.75) is 20.0 Å². The molecule has 8 nitrogen and oxygen atoms in total. The van der Waals surface area contributed by atoms with Crippen molar-refractivity contribution < 1.29 is 9.50 Å². The Labute approximate surface area is 162 Å². The van der Waals surface area contributed by atoms with Gasteiger partial charge in [0.25, 0.3) is 5.56 Å². The van der Waals surface area contributed by atoms with E-state index in [4.69, 9.17) is 11.6 Å². The Bertz CT molecular complexity index is 1330. The summed E-state index contributed by atoms with van der Waals surface area (Å²) in [5, 5.41) is 9.42. The van der Waals surface area contributed by atoms with Gasteiger partial charge in [-0.25, -0.2) is 9.18 Å². The first-order valence-corrected chi connectivity index (χ1v) is 8.94. The van der Waals surface area contributed by atoms with E-state index in [1.54, 1.807) is 15.2 Å². The topological polar surface area (TPSA) is 86.5 Å². The van der Waals surface area contributed by atoms with Crippen LogP contribution in [0.25, 0.3) is 16.9 Å². The van der Waals surface area contributed by atoms with Crippen molar-refractivity contribution >= 4 is 28.5 Å². The van der Waals surface area contributed by atoms with Gasteiger partial charge in [-0.15, -0.1) is 0 Å². The van der Waals surface area contributed by atoms with E-state index in [0.717, 1.165) is 10.3 Å². The van der Waals surface area contributed by atoms with Crippen LogP contribution < -0.4 is 11.2 Å². The van der Waals surface area contributed by atoms with E-state index in [1.807, 2.05) is 6.92 Å². The van der Waals surface area contributed by atoms with Gasteiger partial charge in [-0.3, -0.25) is 18.3 Å². The summed E-state index contributed by atoms with van der Waals surface area (Å²) in [4.78, 5) is 30.3. The van der Waals surface area contributed by atoms with Crippen LogP contribution in [0, 0.1) is 12.7 Å². The molecule has 28 heavy (non-hydrogen) atoms. The minimum absolute atomic E-state index is 0.0671. The van der Waals surface area contributed by atoms with Crippen LogP contribution in [0.3, 0.4) is 0 Å². The number of imidazole rings is 2. The van der Waals surface area contributed by atoms with Gasteiger partial charge in [-0.1, -0.05) is 17.7 Å². The lowest BCUT2D eigenvalue weighted by Crippen LogP contribution is -2.39. The molecule has 0 unspecified atom stereocenters. The molecule has 0 bridgehead atoms. The fourth-order valence-electron chi connectivity index (χ4n) is 3.41. The van der Waals surface area contributed by atoms with Gasteiger partial charge in [0.1, 0.15) is 5.82 Å². The highest BCUT2D eigenvalue weighted by molar-refractivity contribution is 6.31. The lowest BCUT2D eigenvalue weighted by molar-refractivity contribution is 0.276. The number of aromatic nitrogens is 5. The molecule has 0 fully saturated rings. The predicted octanol–water partition coefficient (Wildman–Crippen LogP) is 1.29. The molecule has 0 spiro atoms. The molecule has 3 aromatic heterocycles. The van der Waals surface area contributed by atoms with E-state index in [0.29, 0.717) is 12.3 Å². The molecular formula is C18H17ClFN5O3. The summed E-state index contributed by atoms with van der Waals surface area (Å²) >= 11 is 6.07. The summed E-state index contributed by atoms with van der Waals surface area (Å²) in [6, 6.07) is 4.19. The number of benzene rings is 1. The zero-order valence-corrected chi connectivity index (χ0v) is 15.9. The maximum absolute atomic E-state index is 14.2. The Hall–Kier alpha value is -2.91. The van der Waals surface area contributed by atoms with Crippen LogP contribution in [-0.2, 0) is 20.1 Å². The minimum Gasteiger partial charge on any atom is -0.395 e. The second-order valence-corrected chi connectivity index (χ2v) is 6.94. The summed E-state index contributed by atoms with van der Waals surface area (Å²) in [6.45, 7) is 1.74. The first-order chi connectivity index (χ1) is 13.3. The van der Waals surface area contributed by atoms with Crippen LogP contribution in [0.1, 0.15) is 11.3 Å². The lowest BCUT2D eigenvalue weighted by Gasteiger charge is -2.10. The molecule has 10 heteroatoms. The van der Waals surface area contributed by atoms with Crippen molar-refractivity contribution in [1.82, 2.24) is 23.1 Å². The van der Waals surface area contributed by atoms with Crippen LogP contribution in [0.4, 0.5) is 4.39 Å². The maximum atomic E-state index is 14.2. The largest absolute Gasteiger partial charge is 0.395 e. The van der Waals surface area contributed by atoms with E-state index in [1.165, 1.54) is 29.8 Å². The Morgan fingerprint density at radius 1 is 1.25 bits per heavy atom. The summed E-state index contributed by atoms with van der Waals surface area (Å²) in [5.41, 5.74) is 0.0684. The molecule has 0 radical (unpaired) electrons. The van der Waals surface area contributed by atoms with Crippen molar-refractivity contribution in [2.75, 3.05) is 6.61 Å². The molecule has 0 saturated carbocycles. The number of hydrogen-bond acceptors (Lipinski definition) is 4. The van der Waals surface area contributed by atoms with Gasteiger partial charge < -0.3 is 9.67 Å². The fraction of sp³-hybridized carbons (Fsp3) is 0.278. The van der Waals surface area contributed by atoms with E-state index < -0.39 is 17.1 Å². The lowest BCUT2D eigenvalue weighted by atomic mass is 10.2.